The SMILES string of the molecule is CNc1cc(NC(=O)C(C)C)ccc1C. The Labute approximate surface area is 90.9 Å². The standard InChI is InChI=1S/C12H18N2O/c1-8(2)12(15)14-10-6-5-9(3)11(7-10)13-4/h5-8,13H,1-4H3,(H,14,15). The number of benzene rings is 1. The summed E-state index contributed by atoms with van der Waals surface area (Å²) in [4.78, 5) is 11.5. The van der Waals surface area contributed by atoms with Crippen molar-refractivity contribution in [1.82, 2.24) is 0 Å². The van der Waals surface area contributed by atoms with Gasteiger partial charge in [0.05, 0.1) is 0 Å². The van der Waals surface area contributed by atoms with Gasteiger partial charge in [0.25, 0.3) is 0 Å². The molecule has 3 nitrogen and oxygen atoms in total. The molecule has 1 aromatic rings. The molecule has 0 spiro atoms. The molecule has 0 bridgehead atoms. The van der Waals surface area contributed by atoms with Gasteiger partial charge in [-0.15, -0.1) is 0 Å². The monoisotopic (exact) mass is 206 g/mol. The van der Waals surface area contributed by atoms with Crippen molar-refractivity contribution in [1.29, 1.82) is 0 Å². The minimum absolute atomic E-state index is 0.00402. The molecule has 3 heteroatoms. The number of aryl methyl sites for hydroxylation is 1. The highest BCUT2D eigenvalue weighted by Crippen LogP contribution is 2.19. The molecular weight excluding hydrogens is 188 g/mol. The summed E-state index contributed by atoms with van der Waals surface area (Å²) in [5.41, 5.74) is 3.04. The lowest BCUT2D eigenvalue weighted by molar-refractivity contribution is -0.118. The second-order valence-corrected chi connectivity index (χ2v) is 3.92. The summed E-state index contributed by atoms with van der Waals surface area (Å²) in [5, 5.41) is 5.95. The first kappa shape index (κ1) is 11.6. The van der Waals surface area contributed by atoms with E-state index >= 15 is 0 Å². The number of carbonyl (C=O) groups excluding carboxylic acids is 1. The zero-order chi connectivity index (χ0) is 11.4. The minimum Gasteiger partial charge on any atom is -0.388 e. The van der Waals surface area contributed by atoms with Gasteiger partial charge in [0.1, 0.15) is 0 Å². The van der Waals surface area contributed by atoms with Crippen molar-refractivity contribution < 1.29 is 4.79 Å². The Bertz CT molecular complexity index is 359. The Kier molecular flexibility index (Phi) is 3.72. The molecule has 1 amide bonds. The van der Waals surface area contributed by atoms with E-state index in [2.05, 4.69) is 10.6 Å². The molecule has 0 fully saturated rings. The number of carbonyl (C=O) groups is 1. The molecule has 1 aromatic carbocycles. The predicted molar refractivity (Wildman–Crippen MR) is 64.2 cm³/mol. The maximum absolute atomic E-state index is 11.5. The Balaban J connectivity index is 2.83. The van der Waals surface area contributed by atoms with Crippen LogP contribution in [0.4, 0.5) is 11.4 Å². The van der Waals surface area contributed by atoms with Crippen molar-refractivity contribution >= 4 is 17.3 Å². The van der Waals surface area contributed by atoms with Crippen LogP contribution >= 0.6 is 0 Å². The van der Waals surface area contributed by atoms with Crippen molar-refractivity contribution in [2.75, 3.05) is 17.7 Å². The molecule has 0 aliphatic carbocycles. The number of nitrogens with one attached hydrogen (secondary N) is 2. The molecule has 0 atom stereocenters. The summed E-state index contributed by atoms with van der Waals surface area (Å²) in [6, 6.07) is 5.84. The van der Waals surface area contributed by atoms with Crippen LogP contribution in [0.5, 0.6) is 0 Å². The lowest BCUT2D eigenvalue weighted by Gasteiger charge is -2.11. The summed E-state index contributed by atoms with van der Waals surface area (Å²) in [5.74, 6) is 0.0465. The highest BCUT2D eigenvalue weighted by Gasteiger charge is 2.07. The maximum atomic E-state index is 11.5. The number of anilines is 2. The summed E-state index contributed by atoms with van der Waals surface area (Å²) in [7, 11) is 1.87. The number of hydrogen-bond donors (Lipinski definition) is 2. The molecule has 0 heterocycles. The molecular formula is C12H18N2O. The Morgan fingerprint density at radius 1 is 1.33 bits per heavy atom. The van der Waals surface area contributed by atoms with Crippen molar-refractivity contribution in [3.05, 3.63) is 23.8 Å². The third-order valence-electron chi connectivity index (χ3n) is 2.30. The van der Waals surface area contributed by atoms with Crippen molar-refractivity contribution in [3.63, 3.8) is 0 Å². The first-order chi connectivity index (χ1) is 7.04. The van der Waals surface area contributed by atoms with E-state index in [0.29, 0.717) is 0 Å². The van der Waals surface area contributed by atoms with Crippen LogP contribution in [0.1, 0.15) is 19.4 Å². The van der Waals surface area contributed by atoms with E-state index in [4.69, 9.17) is 0 Å². The Hall–Kier alpha value is -1.51. The average molecular weight is 206 g/mol. The van der Waals surface area contributed by atoms with Crippen LogP contribution in [0, 0.1) is 12.8 Å². The van der Waals surface area contributed by atoms with Gasteiger partial charge >= 0.3 is 0 Å². The fourth-order valence-electron chi connectivity index (χ4n) is 1.26. The highest BCUT2D eigenvalue weighted by atomic mass is 16.1. The van der Waals surface area contributed by atoms with Crippen LogP contribution in [0.3, 0.4) is 0 Å². The average Bonchev–Trinajstić information content (AvgIpc) is 2.20. The Morgan fingerprint density at radius 3 is 2.53 bits per heavy atom. The second-order valence-electron chi connectivity index (χ2n) is 3.92. The van der Waals surface area contributed by atoms with Crippen LogP contribution in [0.2, 0.25) is 0 Å². The van der Waals surface area contributed by atoms with Gasteiger partial charge in [-0.3, -0.25) is 4.79 Å². The van der Waals surface area contributed by atoms with Gasteiger partial charge in [0, 0.05) is 24.3 Å². The molecule has 1 rings (SSSR count). The normalized spacial score (nSPS) is 10.2. The molecule has 82 valence electrons. The van der Waals surface area contributed by atoms with Gasteiger partial charge in [-0.1, -0.05) is 19.9 Å². The topological polar surface area (TPSA) is 41.1 Å². The van der Waals surface area contributed by atoms with E-state index in [1.165, 1.54) is 5.56 Å². The first-order valence-corrected chi connectivity index (χ1v) is 5.14. The van der Waals surface area contributed by atoms with Crippen LogP contribution in [-0.2, 0) is 4.79 Å². The largest absolute Gasteiger partial charge is 0.388 e. The molecule has 15 heavy (non-hydrogen) atoms. The van der Waals surface area contributed by atoms with Gasteiger partial charge < -0.3 is 10.6 Å². The molecule has 0 radical (unpaired) electrons. The van der Waals surface area contributed by atoms with E-state index < -0.39 is 0 Å². The fraction of sp³-hybridized carbons (Fsp3) is 0.417. The lowest BCUT2D eigenvalue weighted by atomic mass is 10.1. The molecule has 2 N–H and O–H groups in total. The smallest absolute Gasteiger partial charge is 0.226 e. The predicted octanol–water partition coefficient (Wildman–Crippen LogP) is 2.63. The zero-order valence-corrected chi connectivity index (χ0v) is 9.72. The molecule has 0 saturated heterocycles. The summed E-state index contributed by atoms with van der Waals surface area (Å²) < 4.78 is 0. The van der Waals surface area contributed by atoms with Crippen molar-refractivity contribution in [3.8, 4) is 0 Å². The van der Waals surface area contributed by atoms with Crippen molar-refractivity contribution in [2.45, 2.75) is 20.8 Å². The first-order valence-electron chi connectivity index (χ1n) is 5.14. The van der Waals surface area contributed by atoms with Gasteiger partial charge in [-0.2, -0.15) is 0 Å². The summed E-state index contributed by atoms with van der Waals surface area (Å²) >= 11 is 0. The summed E-state index contributed by atoms with van der Waals surface area (Å²) in [6.07, 6.45) is 0. The molecule has 0 aliphatic rings. The molecule has 0 aromatic heterocycles. The molecule has 0 aliphatic heterocycles. The van der Waals surface area contributed by atoms with Crippen LogP contribution in [0.25, 0.3) is 0 Å². The maximum Gasteiger partial charge on any atom is 0.226 e. The van der Waals surface area contributed by atoms with Gasteiger partial charge in [-0.05, 0) is 24.6 Å². The van der Waals surface area contributed by atoms with Gasteiger partial charge in [0.15, 0.2) is 0 Å². The van der Waals surface area contributed by atoms with Crippen molar-refractivity contribution in [2.24, 2.45) is 5.92 Å². The quantitative estimate of drug-likeness (QED) is 0.798. The fourth-order valence-corrected chi connectivity index (χ4v) is 1.26. The van der Waals surface area contributed by atoms with Gasteiger partial charge in [0.2, 0.25) is 5.91 Å². The minimum atomic E-state index is 0.00402. The van der Waals surface area contributed by atoms with E-state index in [0.717, 1.165) is 11.4 Å². The third-order valence-corrected chi connectivity index (χ3v) is 2.30. The van der Waals surface area contributed by atoms with Crippen LogP contribution in [0.15, 0.2) is 18.2 Å². The molecule has 0 unspecified atom stereocenters. The highest BCUT2D eigenvalue weighted by molar-refractivity contribution is 5.92. The molecule has 0 saturated carbocycles. The van der Waals surface area contributed by atoms with E-state index in [1.54, 1.807) is 0 Å². The van der Waals surface area contributed by atoms with Gasteiger partial charge in [-0.25, -0.2) is 0 Å². The third kappa shape index (κ3) is 2.98. The van der Waals surface area contributed by atoms with Crippen LogP contribution < -0.4 is 10.6 Å². The van der Waals surface area contributed by atoms with E-state index in [-0.39, 0.29) is 11.8 Å². The van der Waals surface area contributed by atoms with E-state index in [1.807, 2.05) is 46.0 Å². The zero-order valence-electron chi connectivity index (χ0n) is 9.72. The number of amides is 1. The summed E-state index contributed by atoms with van der Waals surface area (Å²) in [6.45, 7) is 5.78. The van der Waals surface area contributed by atoms with Crippen LogP contribution in [-0.4, -0.2) is 13.0 Å². The number of hydrogen-bond acceptors (Lipinski definition) is 2. The second kappa shape index (κ2) is 4.82. The van der Waals surface area contributed by atoms with E-state index in [9.17, 15) is 4.79 Å². The Morgan fingerprint density at radius 2 is 2.00 bits per heavy atom. The number of rotatable bonds is 3. The lowest BCUT2D eigenvalue weighted by Crippen LogP contribution is -2.17.